The Labute approximate surface area is 118 Å². The number of nitro benzene ring substituents is 1. The molecule has 110 valence electrons. The molecular formula is C14H21N3O3. The summed E-state index contributed by atoms with van der Waals surface area (Å²) in [6, 6.07) is 5.80. The van der Waals surface area contributed by atoms with Crippen molar-refractivity contribution in [2.24, 2.45) is 0 Å². The molecule has 0 aliphatic carbocycles. The predicted octanol–water partition coefficient (Wildman–Crippen LogP) is 2.25. The fourth-order valence-electron chi connectivity index (χ4n) is 2.76. The van der Waals surface area contributed by atoms with Crippen LogP contribution in [0.5, 0.6) is 0 Å². The van der Waals surface area contributed by atoms with Gasteiger partial charge in [-0.05, 0) is 31.0 Å². The molecule has 1 fully saturated rings. The highest BCUT2D eigenvalue weighted by Crippen LogP contribution is 2.27. The number of methoxy groups -OCH3 is 1. The monoisotopic (exact) mass is 279 g/mol. The Morgan fingerprint density at radius 3 is 3.00 bits per heavy atom. The van der Waals surface area contributed by atoms with E-state index in [9.17, 15) is 10.1 Å². The maximum atomic E-state index is 11.1. The van der Waals surface area contributed by atoms with Gasteiger partial charge in [0.15, 0.2) is 0 Å². The van der Waals surface area contributed by atoms with Gasteiger partial charge in [-0.2, -0.15) is 0 Å². The molecule has 1 aromatic carbocycles. The van der Waals surface area contributed by atoms with Gasteiger partial charge in [0.2, 0.25) is 0 Å². The highest BCUT2D eigenvalue weighted by atomic mass is 16.6. The first kappa shape index (κ1) is 14.7. The molecule has 1 N–H and O–H groups in total. The molecule has 0 spiro atoms. The molecule has 1 aliphatic rings. The van der Waals surface area contributed by atoms with Crippen molar-refractivity contribution in [3.8, 4) is 0 Å². The minimum Gasteiger partial charge on any atom is -0.383 e. The van der Waals surface area contributed by atoms with Crippen molar-refractivity contribution >= 4 is 11.4 Å². The maximum Gasteiger partial charge on any atom is 0.292 e. The second-order valence-corrected chi connectivity index (χ2v) is 5.08. The van der Waals surface area contributed by atoms with E-state index in [1.54, 1.807) is 26.3 Å². The summed E-state index contributed by atoms with van der Waals surface area (Å²) >= 11 is 0. The summed E-state index contributed by atoms with van der Waals surface area (Å²) in [4.78, 5) is 13.1. The summed E-state index contributed by atoms with van der Waals surface area (Å²) in [5.74, 6) is 0. The highest BCUT2D eigenvalue weighted by molar-refractivity contribution is 5.62. The Bertz CT molecular complexity index is 479. The van der Waals surface area contributed by atoms with Gasteiger partial charge in [0.1, 0.15) is 5.69 Å². The van der Waals surface area contributed by atoms with Gasteiger partial charge in [-0.3, -0.25) is 15.0 Å². The number of nitrogens with zero attached hydrogens (tertiary/aromatic N) is 2. The third-order valence-electron chi connectivity index (χ3n) is 3.77. The van der Waals surface area contributed by atoms with E-state index in [0.717, 1.165) is 38.1 Å². The summed E-state index contributed by atoms with van der Waals surface area (Å²) in [6.45, 7) is 2.48. The number of anilines is 1. The van der Waals surface area contributed by atoms with Gasteiger partial charge >= 0.3 is 0 Å². The van der Waals surface area contributed by atoms with E-state index in [1.807, 2.05) is 6.07 Å². The SMILES string of the molecule is CNc1ccc(CN2CCC[C@H]2COC)cc1[N+](=O)[O-]. The molecule has 2 rings (SSSR count). The molecule has 0 aromatic heterocycles. The highest BCUT2D eigenvalue weighted by Gasteiger charge is 2.25. The molecule has 0 bridgehead atoms. The topological polar surface area (TPSA) is 67.6 Å². The number of likely N-dealkylation sites (tertiary alicyclic amines) is 1. The van der Waals surface area contributed by atoms with Crippen LogP contribution in [0.15, 0.2) is 18.2 Å². The van der Waals surface area contributed by atoms with Crippen LogP contribution in [0.3, 0.4) is 0 Å². The number of hydrogen-bond acceptors (Lipinski definition) is 5. The lowest BCUT2D eigenvalue weighted by Gasteiger charge is -2.23. The van der Waals surface area contributed by atoms with Crippen LogP contribution in [0.25, 0.3) is 0 Å². The van der Waals surface area contributed by atoms with Gasteiger partial charge in [0.25, 0.3) is 5.69 Å². The van der Waals surface area contributed by atoms with E-state index in [0.29, 0.717) is 11.7 Å². The molecule has 6 nitrogen and oxygen atoms in total. The van der Waals surface area contributed by atoms with Crippen molar-refractivity contribution in [3.05, 3.63) is 33.9 Å². The van der Waals surface area contributed by atoms with Crippen LogP contribution >= 0.6 is 0 Å². The molecule has 1 aromatic rings. The van der Waals surface area contributed by atoms with E-state index in [4.69, 9.17) is 4.74 Å². The largest absolute Gasteiger partial charge is 0.383 e. The lowest BCUT2D eigenvalue weighted by Crippen LogP contribution is -2.32. The first-order valence-electron chi connectivity index (χ1n) is 6.83. The normalized spacial score (nSPS) is 19.2. The molecule has 0 saturated carbocycles. The van der Waals surface area contributed by atoms with E-state index in [2.05, 4.69) is 10.2 Å². The van der Waals surface area contributed by atoms with Gasteiger partial charge in [-0.25, -0.2) is 0 Å². The first-order chi connectivity index (χ1) is 9.65. The lowest BCUT2D eigenvalue weighted by atomic mass is 10.1. The van der Waals surface area contributed by atoms with Crippen LogP contribution in [0, 0.1) is 10.1 Å². The van der Waals surface area contributed by atoms with Crippen molar-refractivity contribution in [3.63, 3.8) is 0 Å². The van der Waals surface area contributed by atoms with Gasteiger partial charge in [-0.15, -0.1) is 0 Å². The van der Waals surface area contributed by atoms with Crippen molar-refractivity contribution in [1.29, 1.82) is 0 Å². The van der Waals surface area contributed by atoms with E-state index < -0.39 is 0 Å². The van der Waals surface area contributed by atoms with Crippen LogP contribution < -0.4 is 5.32 Å². The summed E-state index contributed by atoms with van der Waals surface area (Å²) in [5.41, 5.74) is 1.65. The smallest absolute Gasteiger partial charge is 0.292 e. The predicted molar refractivity (Wildman–Crippen MR) is 78.0 cm³/mol. The lowest BCUT2D eigenvalue weighted by molar-refractivity contribution is -0.384. The van der Waals surface area contributed by atoms with E-state index in [-0.39, 0.29) is 10.6 Å². The standard InChI is InChI=1S/C14H21N3O3/c1-15-13-6-5-11(8-14(13)17(18)19)9-16-7-3-4-12(16)10-20-2/h5-6,8,12,15H,3-4,7,9-10H2,1-2H3/t12-/m0/s1. The van der Waals surface area contributed by atoms with E-state index in [1.165, 1.54) is 0 Å². The number of ether oxygens (including phenoxy) is 1. The number of nitrogens with one attached hydrogen (secondary N) is 1. The number of hydrogen-bond donors (Lipinski definition) is 1. The van der Waals surface area contributed by atoms with Crippen molar-refractivity contribution in [1.82, 2.24) is 4.90 Å². The fourth-order valence-corrected chi connectivity index (χ4v) is 2.76. The fraction of sp³-hybridized carbons (Fsp3) is 0.571. The number of rotatable bonds is 6. The zero-order valence-electron chi connectivity index (χ0n) is 12.0. The second-order valence-electron chi connectivity index (χ2n) is 5.08. The van der Waals surface area contributed by atoms with Gasteiger partial charge < -0.3 is 10.1 Å². The molecule has 0 radical (unpaired) electrons. The molecule has 1 atom stereocenters. The van der Waals surface area contributed by atoms with Gasteiger partial charge in [-0.1, -0.05) is 6.07 Å². The summed E-state index contributed by atoms with van der Waals surface area (Å²) in [6.07, 6.45) is 2.29. The molecule has 1 aliphatic heterocycles. The molecule has 20 heavy (non-hydrogen) atoms. The van der Waals surface area contributed by atoms with Crippen molar-refractivity contribution in [2.75, 3.05) is 32.6 Å². The zero-order valence-corrected chi connectivity index (χ0v) is 12.0. The molecular weight excluding hydrogens is 258 g/mol. The zero-order chi connectivity index (χ0) is 14.5. The molecule has 1 saturated heterocycles. The summed E-state index contributed by atoms with van der Waals surface area (Å²) in [5, 5.41) is 13.9. The number of nitro groups is 1. The third kappa shape index (κ3) is 3.26. The summed E-state index contributed by atoms with van der Waals surface area (Å²) in [7, 11) is 3.40. The van der Waals surface area contributed by atoms with Gasteiger partial charge in [0, 0.05) is 32.8 Å². The average molecular weight is 279 g/mol. The maximum absolute atomic E-state index is 11.1. The quantitative estimate of drug-likeness (QED) is 0.639. The first-order valence-corrected chi connectivity index (χ1v) is 6.83. The minimum absolute atomic E-state index is 0.132. The van der Waals surface area contributed by atoms with Crippen LogP contribution in [-0.2, 0) is 11.3 Å². The third-order valence-corrected chi connectivity index (χ3v) is 3.77. The molecule has 6 heteroatoms. The van der Waals surface area contributed by atoms with Crippen molar-refractivity contribution in [2.45, 2.75) is 25.4 Å². The number of benzene rings is 1. The Hall–Kier alpha value is -1.66. The molecule has 1 heterocycles. The Morgan fingerprint density at radius 2 is 2.35 bits per heavy atom. The molecule has 0 unspecified atom stereocenters. The van der Waals surface area contributed by atoms with Crippen molar-refractivity contribution < 1.29 is 9.66 Å². The van der Waals surface area contributed by atoms with Crippen LogP contribution in [0.2, 0.25) is 0 Å². The summed E-state index contributed by atoms with van der Waals surface area (Å²) < 4.78 is 5.23. The van der Waals surface area contributed by atoms with Crippen LogP contribution in [0.4, 0.5) is 11.4 Å². The van der Waals surface area contributed by atoms with Gasteiger partial charge in [0.05, 0.1) is 11.5 Å². The Kier molecular flexibility index (Phi) is 4.92. The van der Waals surface area contributed by atoms with Crippen LogP contribution in [0.1, 0.15) is 18.4 Å². The Balaban J connectivity index is 2.13. The molecule has 0 amide bonds. The van der Waals surface area contributed by atoms with Crippen LogP contribution in [-0.4, -0.2) is 43.2 Å². The average Bonchev–Trinajstić information content (AvgIpc) is 2.86. The second kappa shape index (κ2) is 6.67. The minimum atomic E-state index is -0.341. The Morgan fingerprint density at radius 1 is 1.55 bits per heavy atom. The van der Waals surface area contributed by atoms with E-state index >= 15 is 0 Å².